The molecule has 1 aromatic carbocycles. The summed E-state index contributed by atoms with van der Waals surface area (Å²) in [6.07, 6.45) is 1.48. The highest BCUT2D eigenvalue weighted by atomic mass is 16.5. The van der Waals surface area contributed by atoms with Gasteiger partial charge in [0, 0.05) is 0 Å². The van der Waals surface area contributed by atoms with Crippen molar-refractivity contribution in [1.29, 1.82) is 0 Å². The molecule has 100 valence electrons. The second-order valence-electron chi connectivity index (χ2n) is 5.47. The highest BCUT2D eigenvalue weighted by Crippen LogP contribution is 2.30. The van der Waals surface area contributed by atoms with Gasteiger partial charge in [0.25, 0.3) is 0 Å². The van der Waals surface area contributed by atoms with Gasteiger partial charge in [-0.1, -0.05) is 37.6 Å². The van der Waals surface area contributed by atoms with Crippen LogP contribution in [0.3, 0.4) is 0 Å². The van der Waals surface area contributed by atoms with E-state index in [1.807, 2.05) is 0 Å². The molecule has 2 nitrogen and oxygen atoms in total. The SMILES string of the molecule is COC(=O)CC(CC(C)C)c1ccc(C)cc1C. The second-order valence-corrected chi connectivity index (χ2v) is 5.47. The Labute approximate surface area is 110 Å². The van der Waals surface area contributed by atoms with Crippen LogP contribution < -0.4 is 0 Å². The Morgan fingerprint density at radius 2 is 1.94 bits per heavy atom. The van der Waals surface area contributed by atoms with Crippen molar-refractivity contribution >= 4 is 5.97 Å². The van der Waals surface area contributed by atoms with Crippen molar-refractivity contribution in [3.63, 3.8) is 0 Å². The van der Waals surface area contributed by atoms with Crippen molar-refractivity contribution in [3.8, 4) is 0 Å². The van der Waals surface area contributed by atoms with E-state index in [0.717, 1.165) is 6.42 Å². The summed E-state index contributed by atoms with van der Waals surface area (Å²) in [5.41, 5.74) is 3.81. The van der Waals surface area contributed by atoms with Crippen molar-refractivity contribution in [1.82, 2.24) is 0 Å². The number of hydrogen-bond acceptors (Lipinski definition) is 2. The van der Waals surface area contributed by atoms with E-state index in [1.54, 1.807) is 0 Å². The Kier molecular flexibility index (Phi) is 5.39. The lowest BCUT2D eigenvalue weighted by Gasteiger charge is -2.20. The Balaban J connectivity index is 2.97. The summed E-state index contributed by atoms with van der Waals surface area (Å²) < 4.78 is 4.81. The lowest BCUT2D eigenvalue weighted by molar-refractivity contribution is -0.141. The third kappa shape index (κ3) is 4.17. The average molecular weight is 248 g/mol. The third-order valence-corrected chi connectivity index (χ3v) is 3.26. The van der Waals surface area contributed by atoms with Crippen molar-refractivity contribution < 1.29 is 9.53 Å². The summed E-state index contributed by atoms with van der Waals surface area (Å²) in [4.78, 5) is 11.5. The molecule has 0 radical (unpaired) electrons. The first-order valence-corrected chi connectivity index (χ1v) is 6.58. The van der Waals surface area contributed by atoms with Crippen LogP contribution >= 0.6 is 0 Å². The summed E-state index contributed by atoms with van der Waals surface area (Å²) in [5.74, 6) is 0.707. The van der Waals surface area contributed by atoms with Crippen LogP contribution in [0.5, 0.6) is 0 Å². The van der Waals surface area contributed by atoms with Gasteiger partial charge in [0.2, 0.25) is 0 Å². The van der Waals surface area contributed by atoms with Crippen LogP contribution in [-0.4, -0.2) is 13.1 Å². The van der Waals surface area contributed by atoms with E-state index in [2.05, 4.69) is 45.9 Å². The van der Waals surface area contributed by atoms with Crippen LogP contribution in [0.4, 0.5) is 0 Å². The van der Waals surface area contributed by atoms with Crippen LogP contribution in [-0.2, 0) is 9.53 Å². The number of esters is 1. The van der Waals surface area contributed by atoms with E-state index in [1.165, 1.54) is 23.8 Å². The number of hydrogen-bond donors (Lipinski definition) is 0. The maximum atomic E-state index is 11.5. The molecule has 0 bridgehead atoms. The summed E-state index contributed by atoms with van der Waals surface area (Å²) in [5, 5.41) is 0. The second kappa shape index (κ2) is 6.58. The van der Waals surface area contributed by atoms with Crippen molar-refractivity contribution in [2.45, 2.75) is 46.5 Å². The number of methoxy groups -OCH3 is 1. The van der Waals surface area contributed by atoms with Gasteiger partial charge in [0.15, 0.2) is 0 Å². The Hall–Kier alpha value is -1.31. The molecular formula is C16H24O2. The number of carbonyl (C=O) groups excluding carboxylic acids is 1. The molecule has 0 aromatic heterocycles. The molecule has 0 aliphatic rings. The van der Waals surface area contributed by atoms with Crippen LogP contribution in [0, 0.1) is 19.8 Å². The smallest absolute Gasteiger partial charge is 0.306 e. The van der Waals surface area contributed by atoms with Gasteiger partial charge < -0.3 is 4.74 Å². The van der Waals surface area contributed by atoms with Gasteiger partial charge in [-0.05, 0) is 43.2 Å². The largest absolute Gasteiger partial charge is 0.469 e. The zero-order chi connectivity index (χ0) is 13.7. The molecule has 1 rings (SSSR count). The fraction of sp³-hybridized carbons (Fsp3) is 0.562. The minimum atomic E-state index is -0.124. The number of rotatable bonds is 5. The van der Waals surface area contributed by atoms with Crippen LogP contribution in [0.2, 0.25) is 0 Å². The average Bonchev–Trinajstić information content (AvgIpc) is 2.27. The molecule has 1 aromatic rings. The monoisotopic (exact) mass is 248 g/mol. The molecular weight excluding hydrogens is 224 g/mol. The Bertz CT molecular complexity index is 408. The predicted molar refractivity (Wildman–Crippen MR) is 74.7 cm³/mol. The van der Waals surface area contributed by atoms with E-state index < -0.39 is 0 Å². The van der Waals surface area contributed by atoms with E-state index in [4.69, 9.17) is 4.74 Å². The molecule has 0 heterocycles. The van der Waals surface area contributed by atoms with Gasteiger partial charge in [-0.25, -0.2) is 0 Å². The zero-order valence-corrected chi connectivity index (χ0v) is 12.1. The van der Waals surface area contributed by atoms with E-state index in [-0.39, 0.29) is 11.9 Å². The first-order valence-electron chi connectivity index (χ1n) is 6.58. The molecule has 0 saturated heterocycles. The van der Waals surface area contributed by atoms with Gasteiger partial charge >= 0.3 is 5.97 Å². The van der Waals surface area contributed by atoms with Crippen LogP contribution in [0.1, 0.15) is 49.3 Å². The zero-order valence-electron chi connectivity index (χ0n) is 12.1. The molecule has 0 aliphatic heterocycles. The maximum Gasteiger partial charge on any atom is 0.306 e. The summed E-state index contributed by atoms with van der Waals surface area (Å²) in [6, 6.07) is 6.45. The lowest BCUT2D eigenvalue weighted by Crippen LogP contribution is -2.12. The molecule has 0 aliphatic carbocycles. The molecule has 0 N–H and O–H groups in total. The van der Waals surface area contributed by atoms with Gasteiger partial charge in [-0.2, -0.15) is 0 Å². The molecule has 2 heteroatoms. The maximum absolute atomic E-state index is 11.5. The Morgan fingerprint density at radius 1 is 1.28 bits per heavy atom. The first-order chi connectivity index (χ1) is 8.43. The summed E-state index contributed by atoms with van der Waals surface area (Å²) in [7, 11) is 1.46. The number of aryl methyl sites for hydroxylation is 2. The van der Waals surface area contributed by atoms with Gasteiger partial charge in [-0.15, -0.1) is 0 Å². The summed E-state index contributed by atoms with van der Waals surface area (Å²) in [6.45, 7) is 8.59. The van der Waals surface area contributed by atoms with Crippen LogP contribution in [0.25, 0.3) is 0 Å². The molecule has 18 heavy (non-hydrogen) atoms. The van der Waals surface area contributed by atoms with Gasteiger partial charge in [0.05, 0.1) is 13.5 Å². The Morgan fingerprint density at radius 3 is 2.44 bits per heavy atom. The van der Waals surface area contributed by atoms with Crippen molar-refractivity contribution in [2.75, 3.05) is 7.11 Å². The molecule has 1 atom stereocenters. The molecule has 0 amide bonds. The predicted octanol–water partition coefficient (Wildman–Crippen LogP) is 4.00. The van der Waals surface area contributed by atoms with Crippen molar-refractivity contribution in [2.24, 2.45) is 5.92 Å². The molecule has 1 unspecified atom stereocenters. The standard InChI is InChI=1S/C16H24O2/c1-11(2)8-14(10-16(17)18-5)15-7-6-12(3)9-13(15)4/h6-7,9,11,14H,8,10H2,1-5H3. The number of carbonyl (C=O) groups is 1. The van der Waals surface area contributed by atoms with Gasteiger partial charge in [0.1, 0.15) is 0 Å². The summed E-state index contributed by atoms with van der Waals surface area (Å²) >= 11 is 0. The quantitative estimate of drug-likeness (QED) is 0.736. The van der Waals surface area contributed by atoms with E-state index in [0.29, 0.717) is 12.3 Å². The highest BCUT2D eigenvalue weighted by Gasteiger charge is 2.19. The van der Waals surface area contributed by atoms with Crippen molar-refractivity contribution in [3.05, 3.63) is 34.9 Å². The third-order valence-electron chi connectivity index (χ3n) is 3.26. The topological polar surface area (TPSA) is 26.3 Å². The van der Waals surface area contributed by atoms with E-state index in [9.17, 15) is 4.79 Å². The van der Waals surface area contributed by atoms with Crippen LogP contribution in [0.15, 0.2) is 18.2 Å². The fourth-order valence-electron chi connectivity index (χ4n) is 2.46. The molecule has 0 fully saturated rings. The first kappa shape index (κ1) is 14.7. The molecule has 0 saturated carbocycles. The van der Waals surface area contributed by atoms with E-state index >= 15 is 0 Å². The number of ether oxygens (including phenoxy) is 1. The minimum absolute atomic E-state index is 0.124. The highest BCUT2D eigenvalue weighted by molar-refractivity contribution is 5.70. The fourth-order valence-corrected chi connectivity index (χ4v) is 2.46. The minimum Gasteiger partial charge on any atom is -0.469 e. The van der Waals surface area contributed by atoms with Gasteiger partial charge in [-0.3, -0.25) is 4.79 Å². The number of benzene rings is 1. The normalized spacial score (nSPS) is 12.6. The lowest BCUT2D eigenvalue weighted by atomic mass is 9.85. The molecule has 0 spiro atoms.